The Morgan fingerprint density at radius 3 is 1.70 bits per heavy atom. The first kappa shape index (κ1) is 10.2. The molecule has 1 aliphatic carbocycles. The molecule has 0 aromatic heterocycles. The summed E-state index contributed by atoms with van der Waals surface area (Å²) in [5.74, 6) is 0. The molecular weight excluding hydrogens is 160 g/mol. The zero-order valence-electron chi connectivity index (χ0n) is 6.41. The van der Waals surface area contributed by atoms with Gasteiger partial charge in [0.2, 0.25) is 0 Å². The second-order valence-corrected chi connectivity index (χ2v) is 3.43. The third-order valence-electron chi connectivity index (χ3n) is 0.748. The molecule has 0 fully saturated rings. The van der Waals surface area contributed by atoms with Crippen LogP contribution in [0.5, 0.6) is 0 Å². The molecule has 1 nitrogen and oxygen atoms in total. The molecule has 0 radical (unpaired) electrons. The van der Waals surface area contributed by atoms with Crippen LogP contribution in [-0.2, 0) is 20.4 Å². The SMILES string of the molecule is CC(C)O.[Ti][CH]1C=CC=C1. The number of hydrogen-bond donors (Lipinski definition) is 1. The average molecular weight is 173 g/mol. The maximum absolute atomic E-state index is 8.06. The van der Waals surface area contributed by atoms with E-state index < -0.39 is 0 Å². The van der Waals surface area contributed by atoms with E-state index in [0.29, 0.717) is 4.22 Å². The Bertz CT molecular complexity index is 112. The van der Waals surface area contributed by atoms with Crippen LogP contribution in [0.25, 0.3) is 0 Å². The molecule has 55 valence electrons. The quantitative estimate of drug-likeness (QED) is 0.554. The number of hydrogen-bond acceptors (Lipinski definition) is 1. The molecule has 0 aliphatic heterocycles. The summed E-state index contributed by atoms with van der Waals surface area (Å²) in [5.41, 5.74) is 0. The molecule has 0 unspecified atom stereocenters. The Labute approximate surface area is 74.2 Å². The standard InChI is InChI=1S/C5H5.C3H8O.Ti/c1-2-4-5-3-1;1-3(2)4;/h1-5H;3-4H,1-2H3;. The van der Waals surface area contributed by atoms with E-state index in [0.717, 1.165) is 0 Å². The van der Waals surface area contributed by atoms with Crippen LogP contribution in [0.1, 0.15) is 13.8 Å². The Morgan fingerprint density at radius 1 is 1.30 bits per heavy atom. The van der Waals surface area contributed by atoms with Crippen molar-refractivity contribution in [3.63, 3.8) is 0 Å². The zero-order valence-corrected chi connectivity index (χ0v) is 7.97. The first-order valence-corrected chi connectivity index (χ1v) is 4.27. The fraction of sp³-hybridized carbons (Fsp3) is 0.500. The van der Waals surface area contributed by atoms with Gasteiger partial charge in [0, 0.05) is 6.10 Å². The van der Waals surface area contributed by atoms with Crippen molar-refractivity contribution in [1.82, 2.24) is 0 Å². The van der Waals surface area contributed by atoms with Crippen molar-refractivity contribution in [1.29, 1.82) is 0 Å². The molecule has 10 heavy (non-hydrogen) atoms. The van der Waals surface area contributed by atoms with Gasteiger partial charge < -0.3 is 5.11 Å². The first-order chi connectivity index (χ1) is 4.63. The van der Waals surface area contributed by atoms with Gasteiger partial charge in [-0.1, -0.05) is 0 Å². The summed E-state index contributed by atoms with van der Waals surface area (Å²) in [6.07, 6.45) is 8.31. The Morgan fingerprint density at radius 2 is 1.60 bits per heavy atom. The number of rotatable bonds is 0. The van der Waals surface area contributed by atoms with Gasteiger partial charge >= 0.3 is 49.0 Å². The number of aliphatic hydroxyl groups excluding tert-OH is 1. The van der Waals surface area contributed by atoms with E-state index in [1.54, 1.807) is 13.8 Å². The number of allylic oxidation sites excluding steroid dienone is 4. The molecule has 2 heteroatoms. The summed E-state index contributed by atoms with van der Waals surface area (Å²) in [5, 5.41) is 8.06. The third-order valence-corrected chi connectivity index (χ3v) is 1.35. The van der Waals surface area contributed by atoms with Crippen molar-refractivity contribution in [3.05, 3.63) is 24.3 Å². The summed E-state index contributed by atoms with van der Waals surface area (Å²) in [6, 6.07) is 0. The normalized spacial score (nSPS) is 15.5. The van der Waals surface area contributed by atoms with Crippen molar-refractivity contribution in [3.8, 4) is 0 Å². The van der Waals surface area contributed by atoms with Gasteiger partial charge in [0.15, 0.2) is 0 Å². The van der Waals surface area contributed by atoms with Crippen molar-refractivity contribution in [2.45, 2.75) is 24.2 Å². The van der Waals surface area contributed by atoms with E-state index in [1.807, 2.05) is 0 Å². The minimum atomic E-state index is -0.167. The topological polar surface area (TPSA) is 20.2 Å². The molecule has 0 spiro atoms. The molecule has 0 saturated carbocycles. The van der Waals surface area contributed by atoms with Crippen LogP contribution in [0, 0.1) is 0 Å². The van der Waals surface area contributed by atoms with Gasteiger partial charge in [-0.2, -0.15) is 0 Å². The molecule has 1 N–H and O–H groups in total. The van der Waals surface area contributed by atoms with Crippen LogP contribution in [0.15, 0.2) is 24.3 Å². The molecule has 0 bridgehead atoms. The zero-order chi connectivity index (χ0) is 7.98. The molecule has 0 saturated heterocycles. The van der Waals surface area contributed by atoms with E-state index >= 15 is 0 Å². The van der Waals surface area contributed by atoms with Gasteiger partial charge in [-0.25, -0.2) is 0 Å². The Kier molecular flexibility index (Phi) is 5.99. The van der Waals surface area contributed by atoms with Crippen molar-refractivity contribution < 1.29 is 25.5 Å². The molecule has 0 heterocycles. The van der Waals surface area contributed by atoms with Gasteiger partial charge in [0.1, 0.15) is 0 Å². The second kappa shape index (κ2) is 5.90. The molecule has 1 rings (SSSR count). The monoisotopic (exact) mass is 173 g/mol. The second-order valence-electron chi connectivity index (χ2n) is 2.39. The fourth-order valence-electron chi connectivity index (χ4n) is 0.432. The Hall–Kier alpha value is 0.154. The maximum atomic E-state index is 8.06. The predicted octanol–water partition coefficient (Wildman–Crippen LogP) is 1.83. The van der Waals surface area contributed by atoms with Crippen LogP contribution in [0.2, 0.25) is 4.22 Å². The minimum absolute atomic E-state index is 0.167. The van der Waals surface area contributed by atoms with E-state index in [4.69, 9.17) is 5.11 Å². The summed E-state index contributed by atoms with van der Waals surface area (Å²) in [7, 11) is 0. The summed E-state index contributed by atoms with van der Waals surface area (Å²) < 4.78 is 0.685. The van der Waals surface area contributed by atoms with Crippen molar-refractivity contribution >= 4 is 0 Å². The van der Waals surface area contributed by atoms with E-state index in [2.05, 4.69) is 44.7 Å². The van der Waals surface area contributed by atoms with Crippen LogP contribution in [-0.4, -0.2) is 11.2 Å². The van der Waals surface area contributed by atoms with Gasteiger partial charge in [0.25, 0.3) is 0 Å². The van der Waals surface area contributed by atoms with Gasteiger partial charge in [-0.3, -0.25) is 0 Å². The summed E-state index contributed by atoms with van der Waals surface area (Å²) in [6.45, 7) is 3.44. The van der Waals surface area contributed by atoms with Crippen LogP contribution in [0.3, 0.4) is 0 Å². The summed E-state index contributed by atoms with van der Waals surface area (Å²) in [4.78, 5) is 0. The van der Waals surface area contributed by atoms with Crippen molar-refractivity contribution in [2.24, 2.45) is 0 Å². The van der Waals surface area contributed by atoms with E-state index in [1.165, 1.54) is 0 Å². The van der Waals surface area contributed by atoms with E-state index in [9.17, 15) is 0 Å². The molecule has 0 atom stereocenters. The van der Waals surface area contributed by atoms with Crippen molar-refractivity contribution in [2.75, 3.05) is 0 Å². The third kappa shape index (κ3) is 8.15. The number of aliphatic hydroxyl groups is 1. The van der Waals surface area contributed by atoms with E-state index in [-0.39, 0.29) is 6.10 Å². The van der Waals surface area contributed by atoms with Gasteiger partial charge in [-0.05, 0) is 13.8 Å². The van der Waals surface area contributed by atoms with Gasteiger partial charge in [0.05, 0.1) is 0 Å². The molecule has 0 amide bonds. The predicted molar refractivity (Wildman–Crippen MR) is 39.4 cm³/mol. The van der Waals surface area contributed by atoms with Gasteiger partial charge in [-0.15, -0.1) is 0 Å². The fourth-order valence-corrected chi connectivity index (χ4v) is 0.779. The summed E-state index contributed by atoms with van der Waals surface area (Å²) >= 11 is 2.17. The molecule has 0 aromatic carbocycles. The van der Waals surface area contributed by atoms with Crippen LogP contribution < -0.4 is 0 Å². The average Bonchev–Trinajstić information content (AvgIpc) is 2.15. The molecule has 1 aliphatic rings. The molecular formula is C8H13OTi. The first-order valence-electron chi connectivity index (χ1n) is 3.37. The molecule has 0 aromatic rings. The van der Waals surface area contributed by atoms with Crippen LogP contribution >= 0.6 is 0 Å². The Balaban J connectivity index is 0.000000180. The van der Waals surface area contributed by atoms with Crippen LogP contribution in [0.4, 0.5) is 0 Å².